The van der Waals surface area contributed by atoms with Gasteiger partial charge in [0.2, 0.25) is 5.91 Å². The number of anilines is 1. The van der Waals surface area contributed by atoms with Gasteiger partial charge in [-0.2, -0.15) is 0 Å². The number of piperidine rings is 1. The third kappa shape index (κ3) is 5.24. The second-order valence-corrected chi connectivity index (χ2v) is 10.9. The highest BCUT2D eigenvalue weighted by molar-refractivity contribution is 7.97. The quantitative estimate of drug-likeness (QED) is 0.327. The first-order valence-corrected chi connectivity index (χ1v) is 13.1. The molecule has 1 atom stereocenters. The van der Waals surface area contributed by atoms with Crippen LogP contribution in [0.2, 0.25) is 0 Å². The van der Waals surface area contributed by atoms with E-state index >= 15 is 4.39 Å². The first kappa shape index (κ1) is 26.1. The maximum Gasteiger partial charge on any atom is 0.409 e. The molecule has 2 saturated heterocycles. The van der Waals surface area contributed by atoms with Gasteiger partial charge in [-0.1, -0.05) is 60.7 Å². The molecule has 0 aromatic heterocycles. The van der Waals surface area contributed by atoms with Crippen LogP contribution in [-0.4, -0.2) is 46.7 Å². The maximum atomic E-state index is 15.2. The highest BCUT2D eigenvalue weighted by Crippen LogP contribution is 2.47. The van der Waals surface area contributed by atoms with Crippen LogP contribution in [0.3, 0.4) is 0 Å². The molecule has 3 aromatic carbocycles. The number of rotatable bonds is 7. The minimum absolute atomic E-state index is 0.0823. The number of nitrogens with zero attached hydrogens (tertiary/aromatic N) is 1. The number of carbonyl (C=O) groups is 2. The fraction of sp³-hybridized carbons (Fsp3) is 0.286. The van der Waals surface area contributed by atoms with Crippen LogP contribution < -0.4 is 16.0 Å². The molecule has 4 N–H and O–H groups in total. The van der Waals surface area contributed by atoms with Crippen LogP contribution in [0.25, 0.3) is 0 Å². The number of carboxylic acid groups (broad SMARTS) is 1. The van der Waals surface area contributed by atoms with E-state index in [1.54, 1.807) is 0 Å². The number of benzene rings is 3. The zero-order valence-electron chi connectivity index (χ0n) is 20.5. The molecule has 2 amide bonds. The highest BCUT2D eigenvalue weighted by Gasteiger charge is 2.57. The van der Waals surface area contributed by atoms with E-state index in [4.69, 9.17) is 5.11 Å². The third-order valence-corrected chi connectivity index (χ3v) is 8.43. The molecule has 198 valence electrons. The monoisotopic (exact) mass is 538 g/mol. The summed E-state index contributed by atoms with van der Waals surface area (Å²) in [6.45, 7) is 1.05. The van der Waals surface area contributed by atoms with Crippen LogP contribution in [0.4, 0.5) is 19.3 Å². The standard InChI is InChI=1S/C28H28F2N4O3S/c29-21-11-12-22(32-26(36)37)24(30)25(21)38-34-14-13-28(31-17-23(35)33-28)27(18-34,15-19-7-3-1-4-8-19)16-20-9-5-2-6-10-20/h1-12,31-32H,13-18H2,(H,33,35)(H,36,37). The SMILES string of the molecule is O=C(O)Nc1ccc(F)c(SN2CCC3(NCC(=O)N3)C(Cc3ccccc3)(Cc3ccccc3)C2)c1F. The molecule has 0 saturated carbocycles. The Hall–Kier alpha value is -3.47. The van der Waals surface area contributed by atoms with Crippen LogP contribution in [0.5, 0.6) is 0 Å². The normalized spacial score (nSPS) is 20.8. The summed E-state index contributed by atoms with van der Waals surface area (Å²) in [6.07, 6.45) is 0.304. The van der Waals surface area contributed by atoms with Crippen LogP contribution in [0.1, 0.15) is 17.5 Å². The fourth-order valence-corrected chi connectivity index (χ4v) is 6.72. The molecule has 2 heterocycles. The van der Waals surface area contributed by atoms with Crippen molar-refractivity contribution in [3.8, 4) is 0 Å². The molecule has 0 radical (unpaired) electrons. The molecule has 10 heteroatoms. The largest absolute Gasteiger partial charge is 0.465 e. The van der Waals surface area contributed by atoms with E-state index in [0.717, 1.165) is 35.2 Å². The van der Waals surface area contributed by atoms with Crippen LogP contribution in [0.15, 0.2) is 77.7 Å². The van der Waals surface area contributed by atoms with Crippen molar-refractivity contribution in [3.63, 3.8) is 0 Å². The van der Waals surface area contributed by atoms with Crippen molar-refractivity contribution in [2.24, 2.45) is 5.41 Å². The Morgan fingerprint density at radius 2 is 1.63 bits per heavy atom. The average Bonchev–Trinajstić information content (AvgIpc) is 3.29. The number of carbonyl (C=O) groups excluding carboxylic acids is 1. The van der Waals surface area contributed by atoms with Gasteiger partial charge in [0.15, 0.2) is 5.82 Å². The Bertz CT molecular complexity index is 1290. The molecule has 1 unspecified atom stereocenters. The van der Waals surface area contributed by atoms with Crippen molar-refractivity contribution in [3.05, 3.63) is 95.6 Å². The van der Waals surface area contributed by atoms with Crippen molar-refractivity contribution in [2.75, 3.05) is 25.0 Å². The van der Waals surface area contributed by atoms with Crippen LogP contribution in [0, 0.1) is 17.0 Å². The Labute approximate surface area is 223 Å². The second kappa shape index (κ2) is 10.7. The zero-order valence-corrected chi connectivity index (χ0v) is 21.4. The van der Waals surface area contributed by atoms with Crippen molar-refractivity contribution in [1.82, 2.24) is 14.9 Å². The van der Waals surface area contributed by atoms with Crippen molar-refractivity contribution in [1.29, 1.82) is 0 Å². The maximum absolute atomic E-state index is 15.2. The molecule has 7 nitrogen and oxygen atoms in total. The van der Waals surface area contributed by atoms with Gasteiger partial charge in [-0.15, -0.1) is 0 Å². The Morgan fingerprint density at radius 1 is 1.00 bits per heavy atom. The lowest BCUT2D eigenvalue weighted by Gasteiger charge is -2.55. The summed E-state index contributed by atoms with van der Waals surface area (Å²) in [7, 11) is 0. The molecule has 5 rings (SSSR count). The molecule has 2 fully saturated rings. The smallest absolute Gasteiger partial charge is 0.409 e. The molecular weight excluding hydrogens is 510 g/mol. The average molecular weight is 539 g/mol. The van der Waals surface area contributed by atoms with Gasteiger partial charge in [-0.25, -0.2) is 17.9 Å². The van der Waals surface area contributed by atoms with E-state index in [0.29, 0.717) is 32.4 Å². The van der Waals surface area contributed by atoms with Gasteiger partial charge in [0, 0.05) is 18.5 Å². The van der Waals surface area contributed by atoms with E-state index in [2.05, 4.69) is 10.6 Å². The van der Waals surface area contributed by atoms with Gasteiger partial charge >= 0.3 is 6.09 Å². The molecule has 0 bridgehead atoms. The van der Waals surface area contributed by atoms with Gasteiger partial charge in [0.25, 0.3) is 0 Å². The third-order valence-electron chi connectivity index (χ3n) is 7.31. The minimum atomic E-state index is -1.43. The van der Waals surface area contributed by atoms with Crippen LogP contribution >= 0.6 is 11.9 Å². The summed E-state index contributed by atoms with van der Waals surface area (Å²) >= 11 is 0.935. The fourth-order valence-electron chi connectivity index (χ4n) is 5.62. The molecule has 0 aliphatic carbocycles. The van der Waals surface area contributed by atoms with Crippen LogP contribution in [-0.2, 0) is 17.6 Å². The summed E-state index contributed by atoms with van der Waals surface area (Å²) in [5, 5.41) is 17.7. The van der Waals surface area contributed by atoms with E-state index < -0.39 is 28.8 Å². The summed E-state index contributed by atoms with van der Waals surface area (Å²) in [5.41, 5.74) is 0.581. The summed E-state index contributed by atoms with van der Waals surface area (Å²) in [6, 6.07) is 22.1. The second-order valence-electron chi connectivity index (χ2n) is 9.79. The first-order valence-electron chi connectivity index (χ1n) is 12.3. The highest BCUT2D eigenvalue weighted by atomic mass is 32.2. The first-order chi connectivity index (χ1) is 18.3. The topological polar surface area (TPSA) is 93.7 Å². The van der Waals surface area contributed by atoms with Gasteiger partial charge in [-0.3, -0.25) is 15.4 Å². The zero-order chi connectivity index (χ0) is 26.8. The number of nitrogens with one attached hydrogen (secondary N) is 3. The van der Waals surface area contributed by atoms with Gasteiger partial charge < -0.3 is 10.4 Å². The Kier molecular flexibility index (Phi) is 7.38. The van der Waals surface area contributed by atoms with E-state index in [9.17, 15) is 14.0 Å². The number of hydrogen-bond acceptors (Lipinski definition) is 5. The molecule has 3 aromatic rings. The summed E-state index contributed by atoms with van der Waals surface area (Å²) < 4.78 is 31.9. The molecule has 2 aliphatic rings. The van der Waals surface area contributed by atoms with E-state index in [1.807, 2.05) is 70.3 Å². The lowest BCUT2D eigenvalue weighted by atomic mass is 9.64. The summed E-state index contributed by atoms with van der Waals surface area (Å²) in [4.78, 5) is 23.4. The van der Waals surface area contributed by atoms with Gasteiger partial charge in [-0.05, 0) is 54.5 Å². The number of halogens is 2. The lowest BCUT2D eigenvalue weighted by molar-refractivity contribution is -0.120. The predicted octanol–water partition coefficient (Wildman–Crippen LogP) is 4.66. The Morgan fingerprint density at radius 3 is 2.18 bits per heavy atom. The minimum Gasteiger partial charge on any atom is -0.465 e. The van der Waals surface area contributed by atoms with Crippen molar-refractivity contribution >= 4 is 29.6 Å². The summed E-state index contributed by atoms with van der Waals surface area (Å²) in [5.74, 6) is -1.81. The number of hydrogen-bond donors (Lipinski definition) is 4. The molecular formula is C28H28F2N4O3S. The van der Waals surface area contributed by atoms with E-state index in [1.165, 1.54) is 0 Å². The number of amides is 2. The van der Waals surface area contributed by atoms with Gasteiger partial charge in [0.05, 0.1) is 22.8 Å². The Balaban J connectivity index is 1.54. The molecule has 38 heavy (non-hydrogen) atoms. The van der Waals surface area contributed by atoms with Crippen molar-refractivity contribution in [2.45, 2.75) is 29.8 Å². The molecule has 1 spiro atoms. The molecule has 2 aliphatic heterocycles. The van der Waals surface area contributed by atoms with Crippen molar-refractivity contribution < 1.29 is 23.5 Å². The predicted molar refractivity (Wildman–Crippen MR) is 142 cm³/mol. The van der Waals surface area contributed by atoms with Gasteiger partial charge in [0.1, 0.15) is 5.82 Å². The lowest BCUT2D eigenvalue weighted by Crippen LogP contribution is -2.70. The van der Waals surface area contributed by atoms with E-state index in [-0.39, 0.29) is 23.0 Å².